The fourth-order valence-corrected chi connectivity index (χ4v) is 4.56. The van der Waals surface area contributed by atoms with E-state index in [0.29, 0.717) is 0 Å². The van der Waals surface area contributed by atoms with E-state index in [4.69, 9.17) is 0 Å². The van der Waals surface area contributed by atoms with Gasteiger partial charge in [-0.15, -0.1) is 0 Å². The molecule has 1 N–H and O–H groups in total. The largest absolute Gasteiger partial charge is 0.369 e. The summed E-state index contributed by atoms with van der Waals surface area (Å²) in [4.78, 5) is 2.49. The number of benzene rings is 1. The van der Waals surface area contributed by atoms with Gasteiger partial charge in [0.15, 0.2) is 0 Å². The predicted molar refractivity (Wildman–Crippen MR) is 94.7 cm³/mol. The number of hydrogen-bond acceptors (Lipinski definition) is 2. The molecule has 1 aromatic rings. The molecule has 0 amide bonds. The molecule has 1 aliphatic rings. The minimum Gasteiger partial charge on any atom is -0.369 e. The number of rotatable bonds is 3. The first-order valence-electron chi connectivity index (χ1n) is 7.22. The van der Waals surface area contributed by atoms with Crippen molar-refractivity contribution in [1.29, 1.82) is 0 Å². The summed E-state index contributed by atoms with van der Waals surface area (Å²) in [5.41, 5.74) is 2.78. The van der Waals surface area contributed by atoms with Gasteiger partial charge in [0.2, 0.25) is 0 Å². The van der Waals surface area contributed by atoms with Crippen LogP contribution in [0.4, 0.5) is 5.69 Å². The van der Waals surface area contributed by atoms with Crippen LogP contribution in [0.1, 0.15) is 32.8 Å². The van der Waals surface area contributed by atoms with E-state index in [9.17, 15) is 0 Å². The van der Waals surface area contributed by atoms with Gasteiger partial charge in [-0.05, 0) is 89.6 Å². The average molecular weight is 404 g/mol. The van der Waals surface area contributed by atoms with E-state index in [1.54, 1.807) is 0 Å². The van der Waals surface area contributed by atoms with Crippen LogP contribution in [0.2, 0.25) is 0 Å². The molecule has 1 atom stereocenters. The Kier molecular flexibility index (Phi) is 5.19. The quantitative estimate of drug-likeness (QED) is 0.784. The number of aryl methyl sites for hydroxylation is 1. The third-order valence-corrected chi connectivity index (χ3v) is 4.89. The molecule has 1 fully saturated rings. The maximum Gasteiger partial charge on any atom is 0.0655 e. The van der Waals surface area contributed by atoms with Gasteiger partial charge in [0.25, 0.3) is 0 Å². The molecule has 0 bridgehead atoms. The Morgan fingerprint density at radius 3 is 2.40 bits per heavy atom. The van der Waals surface area contributed by atoms with Crippen LogP contribution in [-0.4, -0.2) is 25.2 Å². The number of hydrogen-bond donors (Lipinski definition) is 1. The highest BCUT2D eigenvalue weighted by Gasteiger charge is 2.26. The molecule has 20 heavy (non-hydrogen) atoms. The summed E-state index contributed by atoms with van der Waals surface area (Å²) in [7, 11) is 0. The lowest BCUT2D eigenvalue weighted by atomic mass is 10.1. The highest BCUT2D eigenvalue weighted by Crippen LogP contribution is 2.38. The van der Waals surface area contributed by atoms with Crippen molar-refractivity contribution in [3.05, 3.63) is 26.6 Å². The van der Waals surface area contributed by atoms with E-state index in [2.05, 4.69) is 81.9 Å². The summed E-state index contributed by atoms with van der Waals surface area (Å²) in [5, 5.41) is 3.62. The Labute approximate surface area is 139 Å². The fraction of sp³-hybridized carbons (Fsp3) is 0.625. The fourth-order valence-electron chi connectivity index (χ4n) is 2.65. The molecule has 112 valence electrons. The summed E-state index contributed by atoms with van der Waals surface area (Å²) in [6, 6.07) is 4.39. The third kappa shape index (κ3) is 4.22. The first kappa shape index (κ1) is 16.3. The topological polar surface area (TPSA) is 15.3 Å². The van der Waals surface area contributed by atoms with Crippen molar-refractivity contribution in [2.45, 2.75) is 39.7 Å². The molecule has 0 aromatic heterocycles. The van der Waals surface area contributed by atoms with Gasteiger partial charge in [-0.25, -0.2) is 0 Å². The predicted octanol–water partition coefficient (Wildman–Crippen LogP) is 4.73. The van der Waals surface area contributed by atoms with Crippen molar-refractivity contribution < 1.29 is 0 Å². The monoisotopic (exact) mass is 402 g/mol. The first-order valence-corrected chi connectivity index (χ1v) is 8.80. The highest BCUT2D eigenvalue weighted by molar-refractivity contribution is 9.11. The van der Waals surface area contributed by atoms with Gasteiger partial charge in [0.1, 0.15) is 0 Å². The molecule has 0 radical (unpaired) electrons. The maximum absolute atomic E-state index is 3.71. The molecule has 2 rings (SSSR count). The molecule has 0 aliphatic carbocycles. The molecule has 1 saturated heterocycles. The summed E-state index contributed by atoms with van der Waals surface area (Å²) >= 11 is 7.42. The number of anilines is 1. The Balaban J connectivity index is 2.03. The second-order valence-electron chi connectivity index (χ2n) is 6.81. The van der Waals surface area contributed by atoms with Crippen LogP contribution in [0.15, 0.2) is 21.1 Å². The summed E-state index contributed by atoms with van der Waals surface area (Å²) in [6.07, 6.45) is 1.26. The van der Waals surface area contributed by atoms with Crippen LogP contribution in [0.5, 0.6) is 0 Å². The van der Waals surface area contributed by atoms with Crippen molar-refractivity contribution in [1.82, 2.24) is 5.32 Å². The van der Waals surface area contributed by atoms with Gasteiger partial charge in [-0.2, -0.15) is 0 Å². The van der Waals surface area contributed by atoms with Crippen LogP contribution in [0.3, 0.4) is 0 Å². The van der Waals surface area contributed by atoms with Crippen LogP contribution in [0, 0.1) is 12.8 Å². The smallest absolute Gasteiger partial charge is 0.0655 e. The Hall–Kier alpha value is -0.0600. The molecule has 0 saturated carbocycles. The first-order chi connectivity index (χ1) is 9.26. The van der Waals surface area contributed by atoms with E-state index in [1.165, 1.54) is 26.6 Å². The van der Waals surface area contributed by atoms with Crippen LogP contribution in [-0.2, 0) is 0 Å². The van der Waals surface area contributed by atoms with Gasteiger partial charge < -0.3 is 10.2 Å². The van der Waals surface area contributed by atoms with Crippen LogP contribution < -0.4 is 10.2 Å². The summed E-state index contributed by atoms with van der Waals surface area (Å²) in [6.45, 7) is 12.2. The number of halogens is 2. The van der Waals surface area contributed by atoms with Gasteiger partial charge in [-0.1, -0.05) is 0 Å². The standard InChI is InChI=1S/C16H24Br2N2/c1-11-7-13(17)15(14(18)8-11)20-6-5-12(10-20)9-19-16(2,3)4/h7-8,12,19H,5-6,9-10H2,1-4H3. The Bertz CT molecular complexity index is 457. The van der Waals surface area contributed by atoms with Crippen molar-refractivity contribution in [3.63, 3.8) is 0 Å². The lowest BCUT2D eigenvalue weighted by molar-refractivity contribution is 0.383. The Morgan fingerprint density at radius 1 is 1.25 bits per heavy atom. The number of nitrogens with one attached hydrogen (secondary N) is 1. The lowest BCUT2D eigenvalue weighted by Gasteiger charge is -2.25. The maximum atomic E-state index is 3.71. The van der Waals surface area contributed by atoms with Crippen LogP contribution >= 0.6 is 31.9 Å². The second kappa shape index (κ2) is 6.37. The molecular weight excluding hydrogens is 380 g/mol. The zero-order valence-corrected chi connectivity index (χ0v) is 15.9. The summed E-state index contributed by atoms with van der Waals surface area (Å²) < 4.78 is 2.38. The van der Waals surface area contributed by atoms with Gasteiger partial charge >= 0.3 is 0 Å². The van der Waals surface area contributed by atoms with E-state index in [0.717, 1.165) is 25.6 Å². The zero-order valence-electron chi connectivity index (χ0n) is 12.8. The van der Waals surface area contributed by atoms with Crippen molar-refractivity contribution >= 4 is 37.5 Å². The molecular formula is C16H24Br2N2. The molecule has 1 unspecified atom stereocenters. The van der Waals surface area contributed by atoms with E-state index >= 15 is 0 Å². The SMILES string of the molecule is Cc1cc(Br)c(N2CCC(CNC(C)(C)C)C2)c(Br)c1. The van der Waals surface area contributed by atoms with Gasteiger partial charge in [-0.3, -0.25) is 0 Å². The molecule has 2 nitrogen and oxygen atoms in total. The molecule has 1 aromatic carbocycles. The van der Waals surface area contributed by atoms with E-state index < -0.39 is 0 Å². The minimum absolute atomic E-state index is 0.207. The third-order valence-electron chi connectivity index (χ3n) is 3.68. The van der Waals surface area contributed by atoms with Gasteiger partial charge in [0, 0.05) is 34.1 Å². The average Bonchev–Trinajstić information content (AvgIpc) is 2.72. The van der Waals surface area contributed by atoms with Gasteiger partial charge in [0.05, 0.1) is 5.69 Å². The zero-order chi connectivity index (χ0) is 14.9. The normalized spacial score (nSPS) is 19.7. The minimum atomic E-state index is 0.207. The second-order valence-corrected chi connectivity index (χ2v) is 8.52. The molecule has 4 heteroatoms. The van der Waals surface area contributed by atoms with Crippen LogP contribution in [0.25, 0.3) is 0 Å². The van der Waals surface area contributed by atoms with E-state index in [1.807, 2.05) is 0 Å². The molecule has 0 spiro atoms. The summed E-state index contributed by atoms with van der Waals surface area (Å²) in [5.74, 6) is 0.731. The van der Waals surface area contributed by atoms with Crippen molar-refractivity contribution in [2.24, 2.45) is 5.92 Å². The molecule has 1 heterocycles. The van der Waals surface area contributed by atoms with Crippen molar-refractivity contribution in [2.75, 3.05) is 24.5 Å². The molecule has 1 aliphatic heterocycles. The lowest BCUT2D eigenvalue weighted by Crippen LogP contribution is -2.39. The number of nitrogens with zero attached hydrogens (tertiary/aromatic N) is 1. The van der Waals surface area contributed by atoms with Crippen molar-refractivity contribution in [3.8, 4) is 0 Å². The van der Waals surface area contributed by atoms with E-state index in [-0.39, 0.29) is 5.54 Å². The Morgan fingerprint density at radius 2 is 1.85 bits per heavy atom. The highest BCUT2D eigenvalue weighted by atomic mass is 79.9.